The molecule has 0 amide bonds. The van der Waals surface area contributed by atoms with Crippen molar-refractivity contribution in [2.45, 2.75) is 41.9 Å². The molecule has 0 aliphatic heterocycles. The maximum Gasteiger partial charge on any atom is 0.471 e. The zero-order valence-electron chi connectivity index (χ0n) is 18.3. The van der Waals surface area contributed by atoms with Crippen molar-refractivity contribution in [3.8, 4) is 17.0 Å². The number of halogens is 15. The van der Waals surface area contributed by atoms with E-state index < -0.39 is 47.6 Å². The highest BCUT2D eigenvalue weighted by molar-refractivity contribution is 5.94. The fourth-order valence-corrected chi connectivity index (χ4v) is 3.19. The Labute approximate surface area is 207 Å². The molecule has 214 valence electrons. The molecule has 1 heterocycles. The lowest BCUT2D eigenvalue weighted by Gasteiger charge is -2.41. The average Bonchev–Trinajstić information content (AvgIpc) is 2.82. The molecular formula is C22H10F15NO. The number of alkyl halides is 15. The summed E-state index contributed by atoms with van der Waals surface area (Å²) in [6, 6.07) is 10.7. The van der Waals surface area contributed by atoms with E-state index in [4.69, 9.17) is 0 Å². The Kier molecular flexibility index (Phi) is 7.02. The molecule has 3 aromatic rings. The van der Waals surface area contributed by atoms with Gasteiger partial charge in [-0.25, -0.2) is 0 Å². The van der Waals surface area contributed by atoms with E-state index in [2.05, 4.69) is 9.72 Å². The van der Waals surface area contributed by atoms with Crippen LogP contribution in [-0.4, -0.2) is 46.9 Å². The van der Waals surface area contributed by atoms with Gasteiger partial charge in [0.2, 0.25) is 0 Å². The summed E-state index contributed by atoms with van der Waals surface area (Å²) in [6.07, 6.45) is -13.2. The van der Waals surface area contributed by atoms with Crippen molar-refractivity contribution in [1.82, 2.24) is 4.98 Å². The first-order chi connectivity index (χ1) is 17.5. The van der Waals surface area contributed by atoms with Gasteiger partial charge in [-0.05, 0) is 35.7 Å². The van der Waals surface area contributed by atoms with Crippen LogP contribution >= 0.6 is 0 Å². The fraction of sp³-hybridized carbons (Fsp3) is 0.318. The van der Waals surface area contributed by atoms with Gasteiger partial charge in [0.05, 0.1) is 5.69 Å². The van der Waals surface area contributed by atoms with Crippen LogP contribution in [0.3, 0.4) is 0 Å². The molecule has 0 aliphatic carbocycles. The zero-order valence-corrected chi connectivity index (χ0v) is 18.3. The molecule has 0 spiro atoms. The van der Waals surface area contributed by atoms with E-state index in [1.807, 2.05) is 0 Å². The molecule has 0 atom stereocenters. The number of benzene rings is 2. The van der Waals surface area contributed by atoms with Crippen LogP contribution in [0.5, 0.6) is 5.75 Å². The lowest BCUT2D eigenvalue weighted by molar-refractivity contribution is -0.465. The van der Waals surface area contributed by atoms with Crippen molar-refractivity contribution in [3.05, 3.63) is 60.8 Å². The number of pyridine rings is 1. The topological polar surface area (TPSA) is 22.1 Å². The highest BCUT2D eigenvalue weighted by Crippen LogP contribution is 2.62. The Balaban J connectivity index is 1.95. The Morgan fingerprint density at radius 3 is 1.54 bits per heavy atom. The molecule has 39 heavy (non-hydrogen) atoms. The quantitative estimate of drug-likeness (QED) is 0.246. The number of nitrogens with zero attached hydrogens (tertiary/aromatic N) is 1. The summed E-state index contributed by atoms with van der Waals surface area (Å²) in [5, 5.41) is 1.15. The van der Waals surface area contributed by atoms with Crippen molar-refractivity contribution >= 4 is 10.8 Å². The molecule has 17 heteroatoms. The maximum atomic E-state index is 14.0. The number of fused-ring (bicyclic) bond motifs is 1. The predicted octanol–water partition coefficient (Wildman–Crippen LogP) is 8.61. The summed E-state index contributed by atoms with van der Waals surface area (Å²) < 4.78 is 203. The Morgan fingerprint density at radius 2 is 1.00 bits per heavy atom. The molecule has 0 unspecified atom stereocenters. The molecular weight excluding hydrogens is 579 g/mol. The van der Waals surface area contributed by atoms with Crippen LogP contribution in [0.15, 0.2) is 60.8 Å². The van der Waals surface area contributed by atoms with Gasteiger partial charge < -0.3 is 4.74 Å². The summed E-state index contributed by atoms with van der Waals surface area (Å²) in [7, 11) is 0. The van der Waals surface area contributed by atoms with Gasteiger partial charge in [-0.3, -0.25) is 4.98 Å². The fourth-order valence-electron chi connectivity index (χ4n) is 3.19. The standard InChI is InChI=1S/C22H10F15NO/c23-16(24,17(25,26)19(29,30)21(33,34)35)18(27,28)20(31,32)22(36,37)39-13-7-5-12(6-8-13)15-14-4-2-1-3-11(14)9-10-38-15/h1-10H. The van der Waals surface area contributed by atoms with Gasteiger partial charge in [0.25, 0.3) is 0 Å². The van der Waals surface area contributed by atoms with E-state index in [1.165, 1.54) is 6.20 Å². The van der Waals surface area contributed by atoms with Crippen LogP contribution in [0.1, 0.15) is 0 Å². The highest BCUT2D eigenvalue weighted by Gasteiger charge is 2.94. The van der Waals surface area contributed by atoms with Crippen LogP contribution in [0.2, 0.25) is 0 Å². The molecule has 2 aromatic carbocycles. The van der Waals surface area contributed by atoms with Crippen LogP contribution in [0, 0.1) is 0 Å². The smallest absolute Gasteiger partial charge is 0.428 e. The molecule has 0 saturated carbocycles. The highest BCUT2D eigenvalue weighted by atomic mass is 19.4. The van der Waals surface area contributed by atoms with Gasteiger partial charge in [0.1, 0.15) is 5.75 Å². The van der Waals surface area contributed by atoms with Crippen molar-refractivity contribution in [1.29, 1.82) is 0 Å². The normalized spacial score (nSPS) is 14.5. The summed E-state index contributed by atoms with van der Waals surface area (Å²) in [4.78, 5) is 4.04. The average molecular weight is 589 g/mol. The molecule has 0 aliphatic rings. The molecule has 0 bridgehead atoms. The second-order valence-corrected chi connectivity index (χ2v) is 7.89. The summed E-state index contributed by atoms with van der Waals surface area (Å²) in [5.41, 5.74) is 0.316. The summed E-state index contributed by atoms with van der Waals surface area (Å²) >= 11 is 0. The minimum Gasteiger partial charge on any atom is -0.428 e. The molecule has 0 N–H and O–H groups in total. The van der Waals surface area contributed by atoms with E-state index in [9.17, 15) is 65.9 Å². The van der Waals surface area contributed by atoms with Crippen molar-refractivity contribution in [3.63, 3.8) is 0 Å². The number of hydrogen-bond donors (Lipinski definition) is 0. The molecule has 0 fully saturated rings. The van der Waals surface area contributed by atoms with Crippen LogP contribution in [-0.2, 0) is 0 Å². The van der Waals surface area contributed by atoms with Crippen molar-refractivity contribution < 1.29 is 70.6 Å². The van der Waals surface area contributed by atoms with E-state index in [0.717, 1.165) is 12.1 Å². The number of aromatic nitrogens is 1. The third-order valence-electron chi connectivity index (χ3n) is 5.35. The minimum atomic E-state index is -8.38. The van der Waals surface area contributed by atoms with Gasteiger partial charge >= 0.3 is 41.9 Å². The van der Waals surface area contributed by atoms with Gasteiger partial charge in [-0.2, -0.15) is 65.9 Å². The number of hydrogen-bond acceptors (Lipinski definition) is 2. The van der Waals surface area contributed by atoms with Crippen LogP contribution < -0.4 is 4.74 Å². The lowest BCUT2D eigenvalue weighted by Crippen LogP contribution is -2.73. The third-order valence-corrected chi connectivity index (χ3v) is 5.35. The second-order valence-electron chi connectivity index (χ2n) is 7.89. The van der Waals surface area contributed by atoms with Gasteiger partial charge in [-0.1, -0.05) is 24.3 Å². The van der Waals surface area contributed by atoms with Crippen molar-refractivity contribution in [2.75, 3.05) is 0 Å². The van der Waals surface area contributed by atoms with Crippen LogP contribution in [0.4, 0.5) is 65.9 Å². The van der Waals surface area contributed by atoms with E-state index >= 15 is 0 Å². The molecule has 3 rings (SSSR count). The lowest BCUT2D eigenvalue weighted by atomic mass is 9.93. The first-order valence-corrected chi connectivity index (χ1v) is 10.00. The molecule has 1 aromatic heterocycles. The first kappa shape index (κ1) is 30.1. The van der Waals surface area contributed by atoms with Gasteiger partial charge in [-0.15, -0.1) is 0 Å². The molecule has 0 saturated heterocycles. The first-order valence-electron chi connectivity index (χ1n) is 10.00. The van der Waals surface area contributed by atoms with Crippen LogP contribution in [0.25, 0.3) is 22.0 Å². The van der Waals surface area contributed by atoms with Crippen molar-refractivity contribution in [2.24, 2.45) is 0 Å². The Morgan fingerprint density at radius 1 is 0.513 bits per heavy atom. The summed E-state index contributed by atoms with van der Waals surface area (Å²) in [6.45, 7) is 0. The van der Waals surface area contributed by atoms with Gasteiger partial charge in [0.15, 0.2) is 0 Å². The van der Waals surface area contributed by atoms with E-state index in [-0.39, 0.29) is 11.3 Å². The number of ether oxygens (including phenoxy) is 1. The second kappa shape index (κ2) is 9.08. The zero-order chi connectivity index (χ0) is 29.9. The Bertz CT molecular complexity index is 1330. The molecule has 2 nitrogen and oxygen atoms in total. The largest absolute Gasteiger partial charge is 0.471 e. The summed E-state index contributed by atoms with van der Waals surface area (Å²) in [5.74, 6) is -42.1. The number of rotatable bonds is 8. The van der Waals surface area contributed by atoms with E-state index in [1.54, 1.807) is 30.3 Å². The third kappa shape index (κ3) is 4.48. The van der Waals surface area contributed by atoms with E-state index in [0.29, 0.717) is 22.9 Å². The minimum absolute atomic E-state index is 0.111. The predicted molar refractivity (Wildman–Crippen MR) is 104 cm³/mol. The molecule has 0 radical (unpaired) electrons. The monoisotopic (exact) mass is 589 g/mol. The maximum absolute atomic E-state index is 14.0. The Hall–Kier alpha value is -3.40. The van der Waals surface area contributed by atoms with Gasteiger partial charge in [0, 0.05) is 17.1 Å². The SMILES string of the molecule is FC(F)(F)C(F)(F)C(F)(F)C(F)(F)C(F)(F)C(F)(F)C(F)(F)Oc1ccc(-c2nccc3ccccc23)cc1.